The predicted octanol–water partition coefficient (Wildman–Crippen LogP) is 2.60. The summed E-state index contributed by atoms with van der Waals surface area (Å²) in [5.74, 6) is 1.10. The molecule has 0 atom stereocenters. The van der Waals surface area contributed by atoms with E-state index in [2.05, 4.69) is 33.5 Å². The quantitative estimate of drug-likeness (QED) is 0.729. The first-order valence-corrected chi connectivity index (χ1v) is 7.93. The van der Waals surface area contributed by atoms with Crippen LogP contribution in [0.5, 0.6) is 0 Å². The molecule has 5 nitrogen and oxygen atoms in total. The Balaban J connectivity index is 1.85. The number of aromatic nitrogens is 3. The lowest BCUT2D eigenvalue weighted by molar-refractivity contribution is 0.122. The highest BCUT2D eigenvalue weighted by atomic mass is 32.1. The van der Waals surface area contributed by atoms with Crippen molar-refractivity contribution >= 4 is 22.8 Å². The van der Waals surface area contributed by atoms with Gasteiger partial charge >= 0.3 is 0 Å². The van der Waals surface area contributed by atoms with Crippen LogP contribution in [0.4, 0.5) is 5.82 Å². The molecule has 1 aliphatic heterocycles. The van der Waals surface area contributed by atoms with Crippen molar-refractivity contribution in [1.29, 1.82) is 0 Å². The van der Waals surface area contributed by atoms with Gasteiger partial charge in [0.05, 0.1) is 18.1 Å². The van der Waals surface area contributed by atoms with Crippen LogP contribution in [0.2, 0.25) is 0 Å². The summed E-state index contributed by atoms with van der Waals surface area (Å²) in [5.41, 5.74) is 2.90. The van der Waals surface area contributed by atoms with Crippen molar-refractivity contribution in [3.05, 3.63) is 35.3 Å². The fourth-order valence-corrected chi connectivity index (χ4v) is 3.32. The highest BCUT2D eigenvalue weighted by molar-refractivity contribution is 7.13. The van der Waals surface area contributed by atoms with Crippen molar-refractivity contribution in [3.63, 3.8) is 0 Å². The molecule has 0 amide bonds. The van der Waals surface area contributed by atoms with Crippen LogP contribution in [-0.4, -0.2) is 40.9 Å². The van der Waals surface area contributed by atoms with E-state index >= 15 is 0 Å². The Morgan fingerprint density at radius 1 is 1.24 bits per heavy atom. The number of anilines is 1. The standard InChI is InChI=1S/C15H16N4OS/c1-11-9-15(18-4-6-20-7-5-18)19-14(16-11)10-12(17-19)13-3-2-8-21-13/h2-3,8-10H,4-7H2,1H3. The Labute approximate surface area is 126 Å². The minimum Gasteiger partial charge on any atom is -0.378 e. The Hall–Kier alpha value is -1.92. The molecule has 0 radical (unpaired) electrons. The van der Waals surface area contributed by atoms with E-state index < -0.39 is 0 Å². The maximum Gasteiger partial charge on any atom is 0.158 e. The largest absolute Gasteiger partial charge is 0.378 e. The summed E-state index contributed by atoms with van der Waals surface area (Å²) in [6, 6.07) is 8.30. The van der Waals surface area contributed by atoms with Gasteiger partial charge in [0.15, 0.2) is 5.65 Å². The lowest BCUT2D eigenvalue weighted by Crippen LogP contribution is -2.37. The molecule has 3 aromatic heterocycles. The third-order valence-electron chi connectivity index (χ3n) is 3.65. The summed E-state index contributed by atoms with van der Waals surface area (Å²) in [7, 11) is 0. The van der Waals surface area contributed by atoms with Crippen LogP contribution in [-0.2, 0) is 4.74 Å². The van der Waals surface area contributed by atoms with E-state index in [1.165, 1.54) is 4.88 Å². The van der Waals surface area contributed by atoms with Gasteiger partial charge in [-0.1, -0.05) is 6.07 Å². The molecular formula is C15H16N4OS. The zero-order valence-electron chi connectivity index (χ0n) is 11.8. The molecule has 1 saturated heterocycles. The summed E-state index contributed by atoms with van der Waals surface area (Å²) < 4.78 is 7.39. The lowest BCUT2D eigenvalue weighted by atomic mass is 10.3. The van der Waals surface area contributed by atoms with Crippen LogP contribution < -0.4 is 4.90 Å². The first-order chi connectivity index (χ1) is 10.3. The van der Waals surface area contributed by atoms with E-state index in [1.54, 1.807) is 11.3 Å². The number of rotatable bonds is 2. The molecule has 0 N–H and O–H groups in total. The van der Waals surface area contributed by atoms with E-state index in [1.807, 2.05) is 17.5 Å². The van der Waals surface area contributed by atoms with Crippen molar-refractivity contribution in [2.24, 2.45) is 0 Å². The Bertz CT molecular complexity index is 759. The summed E-state index contributed by atoms with van der Waals surface area (Å²) in [4.78, 5) is 8.10. The smallest absolute Gasteiger partial charge is 0.158 e. The molecule has 0 saturated carbocycles. The minimum absolute atomic E-state index is 0.766. The van der Waals surface area contributed by atoms with E-state index in [0.29, 0.717) is 0 Å². The minimum atomic E-state index is 0.766. The molecule has 0 spiro atoms. The summed E-state index contributed by atoms with van der Waals surface area (Å²) in [6.45, 7) is 5.35. The first-order valence-electron chi connectivity index (χ1n) is 7.05. The van der Waals surface area contributed by atoms with Gasteiger partial charge in [0.1, 0.15) is 11.5 Å². The second-order valence-corrected chi connectivity index (χ2v) is 6.08. The Morgan fingerprint density at radius 3 is 2.86 bits per heavy atom. The molecule has 1 aliphatic rings. The zero-order chi connectivity index (χ0) is 14.2. The van der Waals surface area contributed by atoms with Crippen LogP contribution >= 0.6 is 11.3 Å². The number of aryl methyl sites for hydroxylation is 1. The molecular weight excluding hydrogens is 284 g/mol. The maximum atomic E-state index is 5.44. The van der Waals surface area contributed by atoms with E-state index in [0.717, 1.165) is 49.2 Å². The summed E-state index contributed by atoms with van der Waals surface area (Å²) >= 11 is 1.70. The van der Waals surface area contributed by atoms with Gasteiger partial charge in [-0.05, 0) is 18.4 Å². The second-order valence-electron chi connectivity index (χ2n) is 5.13. The van der Waals surface area contributed by atoms with Crippen LogP contribution in [0.3, 0.4) is 0 Å². The highest BCUT2D eigenvalue weighted by Crippen LogP contribution is 2.26. The number of fused-ring (bicyclic) bond motifs is 1. The number of hydrogen-bond donors (Lipinski definition) is 0. The molecule has 0 aromatic carbocycles. The van der Waals surface area contributed by atoms with Gasteiger partial charge in [-0.2, -0.15) is 9.61 Å². The molecule has 4 heterocycles. The highest BCUT2D eigenvalue weighted by Gasteiger charge is 2.17. The van der Waals surface area contributed by atoms with Crippen molar-refractivity contribution in [2.75, 3.05) is 31.2 Å². The van der Waals surface area contributed by atoms with Crippen molar-refractivity contribution < 1.29 is 4.74 Å². The molecule has 6 heteroatoms. The maximum absolute atomic E-state index is 5.44. The molecule has 3 aromatic rings. The van der Waals surface area contributed by atoms with Crippen LogP contribution in [0.15, 0.2) is 29.6 Å². The van der Waals surface area contributed by atoms with Gasteiger partial charge in [0.25, 0.3) is 0 Å². The monoisotopic (exact) mass is 300 g/mol. The third-order valence-corrected chi connectivity index (χ3v) is 4.54. The van der Waals surface area contributed by atoms with Crippen LogP contribution in [0, 0.1) is 6.92 Å². The predicted molar refractivity (Wildman–Crippen MR) is 84.1 cm³/mol. The average Bonchev–Trinajstić information content (AvgIpc) is 3.16. The fraction of sp³-hybridized carbons (Fsp3) is 0.333. The van der Waals surface area contributed by atoms with Gasteiger partial charge < -0.3 is 9.64 Å². The van der Waals surface area contributed by atoms with E-state index in [9.17, 15) is 0 Å². The number of hydrogen-bond acceptors (Lipinski definition) is 5. The van der Waals surface area contributed by atoms with Gasteiger partial charge in [-0.25, -0.2) is 4.98 Å². The van der Waals surface area contributed by atoms with Gasteiger partial charge in [0, 0.05) is 30.9 Å². The Kier molecular flexibility index (Phi) is 3.12. The number of morpholine rings is 1. The van der Waals surface area contributed by atoms with Crippen molar-refractivity contribution in [3.8, 4) is 10.6 Å². The zero-order valence-corrected chi connectivity index (χ0v) is 12.6. The average molecular weight is 300 g/mol. The Morgan fingerprint density at radius 2 is 2.10 bits per heavy atom. The third kappa shape index (κ3) is 2.30. The summed E-state index contributed by atoms with van der Waals surface area (Å²) in [5, 5.41) is 6.82. The van der Waals surface area contributed by atoms with E-state index in [4.69, 9.17) is 9.84 Å². The van der Waals surface area contributed by atoms with Crippen LogP contribution in [0.1, 0.15) is 5.69 Å². The lowest BCUT2D eigenvalue weighted by Gasteiger charge is -2.29. The van der Waals surface area contributed by atoms with Crippen molar-refractivity contribution in [1.82, 2.24) is 14.6 Å². The molecule has 21 heavy (non-hydrogen) atoms. The summed E-state index contributed by atoms with van der Waals surface area (Å²) in [6.07, 6.45) is 0. The molecule has 0 bridgehead atoms. The molecule has 108 valence electrons. The molecule has 0 unspecified atom stereocenters. The molecule has 1 fully saturated rings. The topological polar surface area (TPSA) is 42.7 Å². The number of nitrogens with zero attached hydrogens (tertiary/aromatic N) is 4. The number of thiophene rings is 1. The van der Waals surface area contributed by atoms with Gasteiger partial charge in [-0.15, -0.1) is 11.3 Å². The van der Waals surface area contributed by atoms with Gasteiger partial charge in [0.2, 0.25) is 0 Å². The fourth-order valence-electron chi connectivity index (χ4n) is 2.64. The molecule has 4 rings (SSSR count). The van der Waals surface area contributed by atoms with Gasteiger partial charge in [-0.3, -0.25) is 0 Å². The van der Waals surface area contributed by atoms with E-state index in [-0.39, 0.29) is 0 Å². The first kappa shape index (κ1) is 12.8. The SMILES string of the molecule is Cc1cc(N2CCOCC2)n2nc(-c3cccs3)cc2n1. The normalized spacial score (nSPS) is 15.8. The second kappa shape index (κ2) is 5.13. The number of ether oxygens (including phenoxy) is 1. The van der Waals surface area contributed by atoms with Crippen LogP contribution in [0.25, 0.3) is 16.2 Å². The molecule has 0 aliphatic carbocycles. The van der Waals surface area contributed by atoms with Crippen molar-refractivity contribution in [2.45, 2.75) is 6.92 Å².